The van der Waals surface area contributed by atoms with Gasteiger partial charge in [-0.1, -0.05) is 11.6 Å². The number of carbonyl (C=O) groups is 1. The maximum Gasteiger partial charge on any atom is 0.258 e. The van der Waals surface area contributed by atoms with Gasteiger partial charge in [-0.05, 0) is 42.5 Å². The highest BCUT2D eigenvalue weighted by Crippen LogP contribution is 2.36. The molecule has 4 rings (SSSR count). The minimum Gasteiger partial charge on any atom is -0.497 e. The maximum absolute atomic E-state index is 13.3. The van der Waals surface area contributed by atoms with E-state index in [9.17, 15) is 9.18 Å². The fraction of sp³-hybridized carbons (Fsp3) is 0.158. The molecule has 0 radical (unpaired) electrons. The van der Waals surface area contributed by atoms with Gasteiger partial charge in [0.25, 0.3) is 5.91 Å². The third-order valence-electron chi connectivity index (χ3n) is 4.28. The number of hydrogen-bond acceptors (Lipinski definition) is 4. The Labute approximate surface area is 164 Å². The zero-order valence-corrected chi connectivity index (χ0v) is 15.9. The second-order valence-electron chi connectivity index (χ2n) is 5.95. The van der Waals surface area contributed by atoms with Gasteiger partial charge in [0.2, 0.25) is 0 Å². The summed E-state index contributed by atoms with van der Waals surface area (Å²) < 4.78 is 20.2. The van der Waals surface area contributed by atoms with Gasteiger partial charge in [0, 0.05) is 17.1 Å². The summed E-state index contributed by atoms with van der Waals surface area (Å²) >= 11 is 7.77. The van der Waals surface area contributed by atoms with Crippen molar-refractivity contribution in [2.24, 2.45) is 0 Å². The van der Waals surface area contributed by atoms with Crippen molar-refractivity contribution in [3.8, 4) is 11.4 Å². The number of aromatic nitrogens is 2. The Morgan fingerprint density at radius 3 is 2.74 bits per heavy atom. The Bertz CT molecular complexity index is 1020. The topological polar surface area (TPSA) is 56.1 Å². The summed E-state index contributed by atoms with van der Waals surface area (Å²) in [5.74, 6) is 1.99. The van der Waals surface area contributed by atoms with Crippen molar-refractivity contribution in [2.75, 3.05) is 12.4 Å². The molecule has 27 heavy (non-hydrogen) atoms. The second kappa shape index (κ2) is 7.25. The largest absolute Gasteiger partial charge is 0.497 e. The first-order valence-electron chi connectivity index (χ1n) is 8.16. The number of benzene rings is 2. The van der Waals surface area contributed by atoms with E-state index in [0.717, 1.165) is 40.3 Å². The lowest BCUT2D eigenvalue weighted by molar-refractivity contribution is 0.102. The van der Waals surface area contributed by atoms with Gasteiger partial charge in [-0.2, -0.15) is 16.9 Å². The summed E-state index contributed by atoms with van der Waals surface area (Å²) in [6.07, 6.45) is 0. The van der Waals surface area contributed by atoms with Gasteiger partial charge in [-0.3, -0.25) is 4.79 Å². The Kier molecular flexibility index (Phi) is 4.80. The number of ether oxygens (including phenoxy) is 1. The van der Waals surface area contributed by atoms with Crippen LogP contribution in [-0.2, 0) is 11.5 Å². The second-order valence-corrected chi connectivity index (χ2v) is 7.35. The summed E-state index contributed by atoms with van der Waals surface area (Å²) in [7, 11) is 1.60. The van der Waals surface area contributed by atoms with Gasteiger partial charge in [0.15, 0.2) is 0 Å². The van der Waals surface area contributed by atoms with E-state index in [0.29, 0.717) is 5.82 Å². The smallest absolute Gasteiger partial charge is 0.258 e. The first-order chi connectivity index (χ1) is 13.1. The van der Waals surface area contributed by atoms with Crippen molar-refractivity contribution in [1.29, 1.82) is 0 Å². The molecule has 0 saturated heterocycles. The Balaban J connectivity index is 1.72. The number of methoxy groups -OCH3 is 1. The number of hydrogen-bond donors (Lipinski definition) is 1. The molecule has 138 valence electrons. The third-order valence-corrected chi connectivity index (χ3v) is 5.56. The van der Waals surface area contributed by atoms with E-state index in [1.54, 1.807) is 23.6 Å². The Hall–Kier alpha value is -2.51. The first kappa shape index (κ1) is 17.9. The molecule has 0 atom stereocenters. The SMILES string of the molecule is COc1ccc(-n2nc3c(c2NC(=O)c2ccc(F)cc2Cl)CSC3)cc1. The fourth-order valence-corrected chi connectivity index (χ4v) is 4.19. The number of nitrogens with one attached hydrogen (secondary N) is 1. The minimum atomic E-state index is -0.489. The lowest BCUT2D eigenvalue weighted by Gasteiger charge is -2.12. The molecule has 1 aromatic heterocycles. The molecule has 0 saturated carbocycles. The molecule has 0 aliphatic carbocycles. The third kappa shape index (κ3) is 3.40. The zero-order valence-electron chi connectivity index (χ0n) is 14.3. The van der Waals surface area contributed by atoms with Crippen LogP contribution in [0.3, 0.4) is 0 Å². The Morgan fingerprint density at radius 1 is 1.26 bits per heavy atom. The average molecular weight is 404 g/mol. The molecule has 0 unspecified atom stereocenters. The van der Waals surface area contributed by atoms with E-state index in [1.807, 2.05) is 24.3 Å². The lowest BCUT2D eigenvalue weighted by Crippen LogP contribution is -2.16. The van der Waals surface area contributed by atoms with E-state index in [1.165, 1.54) is 12.1 Å². The first-order valence-corrected chi connectivity index (χ1v) is 9.69. The molecule has 2 aromatic carbocycles. The fourth-order valence-electron chi connectivity index (χ4n) is 2.90. The summed E-state index contributed by atoms with van der Waals surface area (Å²) in [6, 6.07) is 11.1. The molecule has 3 aromatic rings. The van der Waals surface area contributed by atoms with Crippen molar-refractivity contribution in [3.05, 3.63) is 70.1 Å². The molecule has 2 heterocycles. The molecule has 1 amide bonds. The van der Waals surface area contributed by atoms with Crippen LogP contribution in [0.4, 0.5) is 10.2 Å². The molecule has 1 N–H and O–H groups in total. The number of carbonyl (C=O) groups excluding carboxylic acids is 1. The molecule has 1 aliphatic rings. The highest BCUT2D eigenvalue weighted by molar-refractivity contribution is 7.98. The number of thioether (sulfide) groups is 1. The van der Waals surface area contributed by atoms with Crippen molar-refractivity contribution in [1.82, 2.24) is 9.78 Å². The van der Waals surface area contributed by atoms with Gasteiger partial charge in [0.1, 0.15) is 17.4 Å². The molecular weight excluding hydrogens is 389 g/mol. The van der Waals surface area contributed by atoms with Crippen LogP contribution in [0.1, 0.15) is 21.6 Å². The summed E-state index contributed by atoms with van der Waals surface area (Å²) in [4.78, 5) is 12.7. The van der Waals surface area contributed by atoms with Crippen LogP contribution in [0.15, 0.2) is 42.5 Å². The number of fused-ring (bicyclic) bond motifs is 1. The van der Waals surface area contributed by atoms with Crippen molar-refractivity contribution < 1.29 is 13.9 Å². The van der Waals surface area contributed by atoms with E-state index in [2.05, 4.69) is 10.4 Å². The summed E-state index contributed by atoms with van der Waals surface area (Å²) in [6.45, 7) is 0. The molecule has 0 spiro atoms. The highest BCUT2D eigenvalue weighted by Gasteiger charge is 2.25. The van der Waals surface area contributed by atoms with Crippen LogP contribution in [0, 0.1) is 5.82 Å². The normalized spacial score (nSPS) is 12.7. The predicted octanol–water partition coefficient (Wildman–Crippen LogP) is 4.67. The van der Waals surface area contributed by atoms with Gasteiger partial charge in [-0.25, -0.2) is 9.07 Å². The summed E-state index contributed by atoms with van der Waals surface area (Å²) in [5.41, 5.74) is 2.94. The number of halogens is 2. The predicted molar refractivity (Wildman–Crippen MR) is 104 cm³/mol. The van der Waals surface area contributed by atoms with Crippen LogP contribution in [0.2, 0.25) is 5.02 Å². The zero-order chi connectivity index (χ0) is 19.0. The van der Waals surface area contributed by atoms with Crippen LogP contribution >= 0.6 is 23.4 Å². The van der Waals surface area contributed by atoms with Gasteiger partial charge >= 0.3 is 0 Å². The number of nitrogens with zero attached hydrogens (tertiary/aromatic N) is 2. The van der Waals surface area contributed by atoms with Crippen molar-refractivity contribution >= 4 is 35.1 Å². The number of rotatable bonds is 4. The van der Waals surface area contributed by atoms with Crippen LogP contribution < -0.4 is 10.1 Å². The minimum absolute atomic E-state index is 0.0639. The van der Waals surface area contributed by atoms with Crippen LogP contribution in [0.25, 0.3) is 5.69 Å². The summed E-state index contributed by atoms with van der Waals surface area (Å²) in [5, 5.41) is 7.62. The number of anilines is 1. The maximum atomic E-state index is 13.3. The van der Waals surface area contributed by atoms with Crippen LogP contribution in [0.5, 0.6) is 5.75 Å². The quantitative estimate of drug-likeness (QED) is 0.687. The van der Waals surface area contributed by atoms with Gasteiger partial charge < -0.3 is 10.1 Å². The van der Waals surface area contributed by atoms with Crippen LogP contribution in [-0.4, -0.2) is 22.8 Å². The van der Waals surface area contributed by atoms with Gasteiger partial charge in [0.05, 0.1) is 29.1 Å². The van der Waals surface area contributed by atoms with Gasteiger partial charge in [-0.15, -0.1) is 0 Å². The molecule has 0 bridgehead atoms. The monoisotopic (exact) mass is 403 g/mol. The standard InChI is InChI=1S/C19H15ClFN3O2S/c1-26-13-5-3-12(4-6-13)24-18(15-9-27-10-17(15)23-24)22-19(25)14-7-2-11(21)8-16(14)20/h2-8H,9-10H2,1H3,(H,22,25). The van der Waals surface area contributed by atoms with Crippen molar-refractivity contribution in [2.45, 2.75) is 11.5 Å². The van der Waals surface area contributed by atoms with E-state index >= 15 is 0 Å². The lowest BCUT2D eigenvalue weighted by atomic mass is 10.2. The molecule has 1 aliphatic heterocycles. The average Bonchev–Trinajstić information content (AvgIpc) is 3.24. The number of amides is 1. The van der Waals surface area contributed by atoms with E-state index in [-0.39, 0.29) is 10.6 Å². The van der Waals surface area contributed by atoms with E-state index in [4.69, 9.17) is 16.3 Å². The van der Waals surface area contributed by atoms with E-state index < -0.39 is 11.7 Å². The molecule has 0 fully saturated rings. The molecular formula is C19H15ClFN3O2S. The highest BCUT2D eigenvalue weighted by atomic mass is 35.5. The molecule has 8 heteroatoms. The Morgan fingerprint density at radius 2 is 2.04 bits per heavy atom. The van der Waals surface area contributed by atoms with Crippen molar-refractivity contribution in [3.63, 3.8) is 0 Å². The molecule has 5 nitrogen and oxygen atoms in total.